The van der Waals surface area contributed by atoms with Gasteiger partial charge >= 0.3 is 0 Å². The molecule has 3 aliphatic heterocycles. The molecule has 6 rings (SSSR count). The maximum atomic E-state index is 6.31. The number of nitrogens with zero attached hydrogens (tertiary/aromatic N) is 2. The van der Waals surface area contributed by atoms with E-state index in [1.165, 1.54) is 36.9 Å². The molecule has 1 N–H and O–H groups in total. The fraction of sp³-hybridized carbons (Fsp3) is 0.381. The van der Waals surface area contributed by atoms with Gasteiger partial charge in [-0.1, -0.05) is 12.1 Å². The zero-order valence-electron chi connectivity index (χ0n) is 14.5. The number of hydrogen-bond acceptors (Lipinski definition) is 3. The SMILES string of the molecule is C[C@H]1[C@H](Oc2ccc(-c3cccc4[nH]ccc34)cn2)C2CCN1CC2. The highest BCUT2D eigenvalue weighted by molar-refractivity contribution is 5.94. The molecular weight excluding hydrogens is 310 g/mol. The molecule has 0 radical (unpaired) electrons. The van der Waals surface area contributed by atoms with Crippen molar-refractivity contribution >= 4 is 10.9 Å². The van der Waals surface area contributed by atoms with E-state index < -0.39 is 0 Å². The molecule has 0 spiro atoms. The van der Waals surface area contributed by atoms with Crippen LogP contribution in [-0.4, -0.2) is 40.1 Å². The summed E-state index contributed by atoms with van der Waals surface area (Å²) in [6.45, 7) is 4.73. The van der Waals surface area contributed by atoms with Crippen LogP contribution in [0.15, 0.2) is 48.8 Å². The van der Waals surface area contributed by atoms with E-state index in [4.69, 9.17) is 4.74 Å². The van der Waals surface area contributed by atoms with Crippen molar-refractivity contribution in [3.63, 3.8) is 0 Å². The number of rotatable bonds is 3. The van der Waals surface area contributed by atoms with Crippen LogP contribution in [0, 0.1) is 5.92 Å². The maximum Gasteiger partial charge on any atom is 0.213 e. The van der Waals surface area contributed by atoms with E-state index in [2.05, 4.69) is 52.1 Å². The fourth-order valence-corrected chi connectivity index (χ4v) is 4.54. The van der Waals surface area contributed by atoms with Gasteiger partial charge in [0.1, 0.15) is 6.10 Å². The van der Waals surface area contributed by atoms with Crippen LogP contribution < -0.4 is 4.74 Å². The van der Waals surface area contributed by atoms with E-state index in [9.17, 15) is 0 Å². The van der Waals surface area contributed by atoms with Gasteiger partial charge in [-0.2, -0.15) is 0 Å². The third kappa shape index (κ3) is 2.52. The summed E-state index contributed by atoms with van der Waals surface area (Å²) < 4.78 is 6.31. The minimum absolute atomic E-state index is 0.272. The summed E-state index contributed by atoms with van der Waals surface area (Å²) in [5.74, 6) is 1.42. The topological polar surface area (TPSA) is 41.1 Å². The minimum atomic E-state index is 0.272. The molecule has 128 valence electrons. The summed E-state index contributed by atoms with van der Waals surface area (Å²) in [7, 11) is 0. The highest BCUT2D eigenvalue weighted by Gasteiger charge is 2.41. The second-order valence-corrected chi connectivity index (χ2v) is 7.33. The molecule has 3 aromatic rings. The Kier molecular flexibility index (Phi) is 3.52. The minimum Gasteiger partial charge on any atom is -0.472 e. The molecule has 1 aromatic carbocycles. The van der Waals surface area contributed by atoms with Crippen LogP contribution in [0.1, 0.15) is 19.8 Å². The van der Waals surface area contributed by atoms with Gasteiger partial charge in [0.15, 0.2) is 0 Å². The van der Waals surface area contributed by atoms with E-state index in [-0.39, 0.29) is 6.10 Å². The monoisotopic (exact) mass is 333 g/mol. The van der Waals surface area contributed by atoms with Gasteiger partial charge < -0.3 is 9.72 Å². The molecule has 2 bridgehead atoms. The number of pyridine rings is 1. The highest BCUT2D eigenvalue weighted by atomic mass is 16.5. The lowest BCUT2D eigenvalue weighted by Crippen LogP contribution is -2.58. The van der Waals surface area contributed by atoms with Crippen molar-refractivity contribution in [3.05, 3.63) is 48.8 Å². The largest absolute Gasteiger partial charge is 0.472 e. The number of nitrogens with one attached hydrogen (secondary N) is 1. The third-order valence-corrected chi connectivity index (χ3v) is 5.99. The molecule has 0 amide bonds. The van der Waals surface area contributed by atoms with Gasteiger partial charge in [0.2, 0.25) is 5.88 Å². The van der Waals surface area contributed by atoms with Gasteiger partial charge in [-0.05, 0) is 62.5 Å². The predicted molar refractivity (Wildman–Crippen MR) is 99.7 cm³/mol. The van der Waals surface area contributed by atoms with Gasteiger partial charge in [0.25, 0.3) is 0 Å². The summed E-state index contributed by atoms with van der Waals surface area (Å²) in [4.78, 5) is 10.4. The van der Waals surface area contributed by atoms with Crippen LogP contribution >= 0.6 is 0 Å². The van der Waals surface area contributed by atoms with Gasteiger partial charge in [-0.15, -0.1) is 0 Å². The summed E-state index contributed by atoms with van der Waals surface area (Å²) in [5, 5.41) is 1.23. The first kappa shape index (κ1) is 15.0. The number of piperidine rings is 3. The zero-order chi connectivity index (χ0) is 16.8. The molecular formula is C21H23N3O. The van der Waals surface area contributed by atoms with Crippen molar-refractivity contribution in [1.29, 1.82) is 0 Å². The summed E-state index contributed by atoms with van der Waals surface area (Å²) >= 11 is 0. The molecule has 5 heterocycles. The molecule has 3 aliphatic rings. The molecule has 25 heavy (non-hydrogen) atoms. The normalized spacial score (nSPS) is 28.4. The second kappa shape index (κ2) is 5.88. The lowest BCUT2D eigenvalue weighted by molar-refractivity contribution is -0.0525. The summed E-state index contributed by atoms with van der Waals surface area (Å²) in [6, 6.07) is 13.1. The van der Waals surface area contributed by atoms with Crippen LogP contribution in [0.3, 0.4) is 0 Å². The molecule has 2 aromatic heterocycles. The molecule has 2 atom stereocenters. The van der Waals surface area contributed by atoms with Crippen molar-refractivity contribution in [2.24, 2.45) is 5.92 Å². The first-order valence-electron chi connectivity index (χ1n) is 9.23. The fourth-order valence-electron chi connectivity index (χ4n) is 4.54. The van der Waals surface area contributed by atoms with Crippen LogP contribution in [0.25, 0.3) is 22.0 Å². The Morgan fingerprint density at radius 2 is 2.00 bits per heavy atom. The number of H-pyrrole nitrogens is 1. The lowest BCUT2D eigenvalue weighted by atomic mass is 9.81. The van der Waals surface area contributed by atoms with Crippen LogP contribution in [0.5, 0.6) is 5.88 Å². The van der Waals surface area contributed by atoms with Crippen molar-refractivity contribution < 1.29 is 4.74 Å². The number of fused-ring (bicyclic) bond motifs is 4. The Balaban J connectivity index is 1.40. The van der Waals surface area contributed by atoms with Gasteiger partial charge in [0.05, 0.1) is 0 Å². The Bertz CT molecular complexity index is 876. The van der Waals surface area contributed by atoms with Crippen molar-refractivity contribution in [1.82, 2.24) is 14.9 Å². The predicted octanol–water partition coefficient (Wildman–Crippen LogP) is 4.09. The standard InChI is InChI=1S/C21H23N3O/c1-14-21(15-8-11-24(14)12-9-15)25-20-6-5-16(13-23-20)17-3-2-4-19-18(17)7-10-22-19/h2-7,10,13-15,21-22H,8-9,11-12H2,1H3/t14-,21-/m0/s1. The van der Waals surface area contributed by atoms with E-state index in [1.807, 2.05) is 18.5 Å². The van der Waals surface area contributed by atoms with E-state index in [1.54, 1.807) is 0 Å². The van der Waals surface area contributed by atoms with Crippen molar-refractivity contribution in [2.75, 3.05) is 13.1 Å². The highest BCUT2D eigenvalue weighted by Crippen LogP contribution is 2.35. The van der Waals surface area contributed by atoms with E-state index in [0.29, 0.717) is 12.0 Å². The number of hydrogen-bond donors (Lipinski definition) is 1. The average Bonchev–Trinajstić information content (AvgIpc) is 3.14. The maximum absolute atomic E-state index is 6.31. The molecule has 0 unspecified atom stereocenters. The molecule has 3 fully saturated rings. The Labute approximate surface area is 147 Å². The summed E-state index contributed by atoms with van der Waals surface area (Å²) in [5.41, 5.74) is 3.48. The number of ether oxygens (including phenoxy) is 1. The number of aromatic nitrogens is 2. The lowest BCUT2D eigenvalue weighted by Gasteiger charge is -2.49. The van der Waals surface area contributed by atoms with Crippen molar-refractivity contribution in [3.8, 4) is 17.0 Å². The average molecular weight is 333 g/mol. The first-order valence-corrected chi connectivity index (χ1v) is 9.23. The van der Waals surface area contributed by atoms with Gasteiger partial charge in [-0.25, -0.2) is 4.98 Å². The van der Waals surface area contributed by atoms with Crippen molar-refractivity contribution in [2.45, 2.75) is 31.9 Å². The van der Waals surface area contributed by atoms with Crippen LogP contribution in [0.4, 0.5) is 0 Å². The molecule has 0 aliphatic carbocycles. The second-order valence-electron chi connectivity index (χ2n) is 7.33. The van der Waals surface area contributed by atoms with Crippen LogP contribution in [-0.2, 0) is 0 Å². The Hall–Kier alpha value is -2.33. The van der Waals surface area contributed by atoms with E-state index in [0.717, 1.165) is 17.0 Å². The number of benzene rings is 1. The molecule has 4 nitrogen and oxygen atoms in total. The quantitative estimate of drug-likeness (QED) is 0.785. The number of aromatic amines is 1. The van der Waals surface area contributed by atoms with Crippen LogP contribution in [0.2, 0.25) is 0 Å². The third-order valence-electron chi connectivity index (χ3n) is 5.99. The Morgan fingerprint density at radius 3 is 2.76 bits per heavy atom. The molecule has 0 saturated carbocycles. The molecule has 4 heteroatoms. The first-order chi connectivity index (χ1) is 12.3. The van der Waals surface area contributed by atoms with E-state index >= 15 is 0 Å². The van der Waals surface area contributed by atoms with Gasteiger partial charge in [0, 0.05) is 41.0 Å². The zero-order valence-corrected chi connectivity index (χ0v) is 14.5. The van der Waals surface area contributed by atoms with Gasteiger partial charge in [-0.3, -0.25) is 4.90 Å². The molecule has 3 saturated heterocycles. The Morgan fingerprint density at radius 1 is 1.12 bits per heavy atom. The summed E-state index contributed by atoms with van der Waals surface area (Å²) in [6.07, 6.45) is 6.69. The smallest absolute Gasteiger partial charge is 0.213 e.